The topological polar surface area (TPSA) is 0 Å². The fourth-order valence-corrected chi connectivity index (χ4v) is 7.14. The van der Waals surface area contributed by atoms with Crippen molar-refractivity contribution in [2.24, 2.45) is 35.0 Å². The molecule has 0 aromatic carbocycles. The van der Waals surface area contributed by atoms with Crippen LogP contribution < -0.4 is 0 Å². The van der Waals surface area contributed by atoms with E-state index in [-0.39, 0.29) is 0 Å². The van der Waals surface area contributed by atoms with Gasteiger partial charge in [-0.1, -0.05) is 13.3 Å². The molecule has 0 bridgehead atoms. The Bertz CT molecular complexity index is 352. The number of hydrogen-bond acceptors (Lipinski definition) is 0. The molecule has 0 heterocycles. The third kappa shape index (κ3) is 2.00. The van der Waals surface area contributed by atoms with Crippen LogP contribution in [0.15, 0.2) is 0 Å². The Labute approximate surface area is 123 Å². The van der Waals surface area contributed by atoms with E-state index in [0.717, 1.165) is 35.0 Å². The van der Waals surface area contributed by atoms with Crippen molar-refractivity contribution in [1.29, 1.82) is 0 Å². The van der Waals surface area contributed by atoms with Crippen LogP contribution in [0.1, 0.15) is 71.1 Å². The fourth-order valence-electron chi connectivity index (χ4n) is 6.79. The highest BCUT2D eigenvalue weighted by atomic mass is 35.5. The van der Waals surface area contributed by atoms with Gasteiger partial charge in [0.15, 0.2) is 0 Å². The van der Waals surface area contributed by atoms with Crippen molar-refractivity contribution in [2.75, 3.05) is 0 Å². The molecule has 0 aromatic rings. The van der Waals surface area contributed by atoms with Crippen molar-refractivity contribution in [1.82, 2.24) is 0 Å². The molecule has 1 heteroatoms. The summed E-state index contributed by atoms with van der Waals surface area (Å²) in [6.07, 6.45) is 14.8. The third-order valence-electron chi connectivity index (χ3n) is 7.67. The van der Waals surface area contributed by atoms with E-state index in [9.17, 15) is 0 Å². The first-order valence-electron chi connectivity index (χ1n) is 8.81. The van der Waals surface area contributed by atoms with Gasteiger partial charge in [-0.15, -0.1) is 11.6 Å². The first-order valence-corrected chi connectivity index (χ1v) is 9.25. The van der Waals surface area contributed by atoms with E-state index in [4.69, 9.17) is 11.6 Å². The van der Waals surface area contributed by atoms with Gasteiger partial charge in [0, 0.05) is 5.38 Å². The zero-order valence-electron chi connectivity index (χ0n) is 12.4. The largest absolute Gasteiger partial charge is 0.123 e. The predicted molar refractivity (Wildman–Crippen MR) is 81.4 cm³/mol. The van der Waals surface area contributed by atoms with Gasteiger partial charge < -0.3 is 0 Å². The second kappa shape index (κ2) is 4.65. The summed E-state index contributed by atoms with van der Waals surface area (Å²) < 4.78 is 0. The normalized spacial score (nSPS) is 57.2. The van der Waals surface area contributed by atoms with Crippen LogP contribution >= 0.6 is 11.6 Å². The lowest BCUT2D eigenvalue weighted by Gasteiger charge is -2.55. The molecule has 0 aromatic heterocycles. The van der Waals surface area contributed by atoms with Gasteiger partial charge in [0.1, 0.15) is 0 Å². The van der Waals surface area contributed by atoms with E-state index in [1.807, 2.05) is 0 Å². The molecule has 7 atom stereocenters. The molecule has 0 spiro atoms. The molecule has 4 fully saturated rings. The Hall–Kier alpha value is 0.290. The standard InChI is InChI=1S/C18H29Cl/c1-18-9-2-3-17(18)16-6-4-12-11-13(19)5-7-14(12)15(16)8-10-18/h12-17H,2-11H2,1H3/t12?,13?,14-,15+,16+,17-,18-/m0/s1. The molecule has 4 rings (SSSR count). The van der Waals surface area contributed by atoms with E-state index >= 15 is 0 Å². The molecule has 0 radical (unpaired) electrons. The van der Waals surface area contributed by atoms with Gasteiger partial charge in [-0.25, -0.2) is 0 Å². The van der Waals surface area contributed by atoms with Crippen LogP contribution in [-0.4, -0.2) is 5.38 Å². The van der Waals surface area contributed by atoms with Crippen molar-refractivity contribution in [3.63, 3.8) is 0 Å². The van der Waals surface area contributed by atoms with Crippen molar-refractivity contribution >= 4 is 11.6 Å². The highest BCUT2D eigenvalue weighted by Gasteiger charge is 2.53. The van der Waals surface area contributed by atoms with Gasteiger partial charge in [-0.2, -0.15) is 0 Å². The molecule has 0 saturated heterocycles. The molecule has 0 N–H and O–H groups in total. The Morgan fingerprint density at radius 1 is 0.842 bits per heavy atom. The molecule has 4 aliphatic carbocycles. The van der Waals surface area contributed by atoms with Crippen LogP contribution in [0.3, 0.4) is 0 Å². The summed E-state index contributed by atoms with van der Waals surface area (Å²) in [5, 5.41) is 0.498. The van der Waals surface area contributed by atoms with E-state index < -0.39 is 0 Å². The van der Waals surface area contributed by atoms with Crippen LogP contribution in [0, 0.1) is 35.0 Å². The van der Waals surface area contributed by atoms with Crippen LogP contribution in [0.5, 0.6) is 0 Å². The minimum atomic E-state index is 0.498. The van der Waals surface area contributed by atoms with Crippen LogP contribution in [0.4, 0.5) is 0 Å². The molecule has 2 unspecified atom stereocenters. The van der Waals surface area contributed by atoms with Gasteiger partial charge in [0.05, 0.1) is 0 Å². The maximum absolute atomic E-state index is 6.42. The zero-order valence-corrected chi connectivity index (χ0v) is 13.2. The summed E-state index contributed by atoms with van der Waals surface area (Å²) in [5.74, 6) is 5.30. The second-order valence-corrected chi connectivity index (χ2v) is 9.05. The number of hydrogen-bond donors (Lipinski definition) is 0. The lowest BCUT2D eigenvalue weighted by molar-refractivity contribution is -0.0487. The van der Waals surface area contributed by atoms with Gasteiger partial charge in [0.25, 0.3) is 0 Å². The fraction of sp³-hybridized carbons (Fsp3) is 1.00. The molecule has 0 amide bonds. The zero-order chi connectivity index (χ0) is 13.0. The monoisotopic (exact) mass is 280 g/mol. The van der Waals surface area contributed by atoms with Crippen molar-refractivity contribution in [2.45, 2.75) is 76.5 Å². The number of fused-ring (bicyclic) bond motifs is 5. The average molecular weight is 281 g/mol. The van der Waals surface area contributed by atoms with E-state index in [2.05, 4.69) is 6.92 Å². The highest BCUT2D eigenvalue weighted by molar-refractivity contribution is 6.20. The minimum absolute atomic E-state index is 0.498. The SMILES string of the molecule is C[C@@]12CCC[C@H]1[C@@H]1CCC3CC(Cl)CC[C@@H]3[C@H]1CC2. The summed E-state index contributed by atoms with van der Waals surface area (Å²) in [6, 6.07) is 0. The summed E-state index contributed by atoms with van der Waals surface area (Å²) in [5.41, 5.74) is 0.734. The maximum atomic E-state index is 6.42. The Morgan fingerprint density at radius 3 is 2.58 bits per heavy atom. The first kappa shape index (κ1) is 13.0. The molecule has 0 aliphatic heterocycles. The number of alkyl halides is 1. The van der Waals surface area contributed by atoms with E-state index in [0.29, 0.717) is 5.38 Å². The molecule has 4 saturated carbocycles. The molecule has 108 valence electrons. The predicted octanol–water partition coefficient (Wildman–Crippen LogP) is 5.64. The van der Waals surface area contributed by atoms with E-state index in [1.54, 1.807) is 12.8 Å². The second-order valence-electron chi connectivity index (χ2n) is 8.43. The Morgan fingerprint density at radius 2 is 1.68 bits per heavy atom. The van der Waals surface area contributed by atoms with E-state index in [1.165, 1.54) is 51.4 Å². The molecular formula is C18H29Cl. The van der Waals surface area contributed by atoms with Gasteiger partial charge in [-0.3, -0.25) is 0 Å². The molecule has 19 heavy (non-hydrogen) atoms. The number of halogens is 1. The molecular weight excluding hydrogens is 252 g/mol. The number of rotatable bonds is 0. The van der Waals surface area contributed by atoms with Crippen molar-refractivity contribution < 1.29 is 0 Å². The third-order valence-corrected chi connectivity index (χ3v) is 8.07. The van der Waals surface area contributed by atoms with Crippen LogP contribution in [-0.2, 0) is 0 Å². The summed E-state index contributed by atoms with van der Waals surface area (Å²) in [4.78, 5) is 0. The Balaban J connectivity index is 1.56. The Kier molecular flexibility index (Phi) is 3.18. The summed E-state index contributed by atoms with van der Waals surface area (Å²) in [6.45, 7) is 2.61. The highest BCUT2D eigenvalue weighted by Crippen LogP contribution is 2.62. The van der Waals surface area contributed by atoms with Crippen molar-refractivity contribution in [3.8, 4) is 0 Å². The smallest absolute Gasteiger partial charge is 0.0338 e. The average Bonchev–Trinajstić information content (AvgIpc) is 2.79. The molecule has 4 aliphatic rings. The maximum Gasteiger partial charge on any atom is 0.0338 e. The lowest BCUT2D eigenvalue weighted by atomic mass is 9.51. The van der Waals surface area contributed by atoms with Crippen LogP contribution in [0.2, 0.25) is 0 Å². The summed E-state index contributed by atoms with van der Waals surface area (Å²) >= 11 is 6.42. The first-order chi connectivity index (χ1) is 9.17. The van der Waals surface area contributed by atoms with Crippen LogP contribution in [0.25, 0.3) is 0 Å². The lowest BCUT2D eigenvalue weighted by Crippen LogP contribution is -2.47. The van der Waals surface area contributed by atoms with Crippen molar-refractivity contribution in [3.05, 3.63) is 0 Å². The van der Waals surface area contributed by atoms with Gasteiger partial charge in [-0.05, 0) is 92.8 Å². The minimum Gasteiger partial charge on any atom is -0.123 e. The van der Waals surface area contributed by atoms with Gasteiger partial charge >= 0.3 is 0 Å². The summed E-state index contributed by atoms with van der Waals surface area (Å²) in [7, 11) is 0. The van der Waals surface area contributed by atoms with Gasteiger partial charge in [0.2, 0.25) is 0 Å². The quantitative estimate of drug-likeness (QED) is 0.504. The molecule has 0 nitrogen and oxygen atoms in total.